The lowest BCUT2D eigenvalue weighted by atomic mass is 10.0. The highest BCUT2D eigenvalue weighted by atomic mass is 14.9. The van der Waals surface area contributed by atoms with E-state index in [1.54, 1.807) is 0 Å². The standard InChI is InChI=1S/C16H19N/c1-16(9-10-16)12-17-11-14-7-4-6-13-5-2-3-8-15(13)14/h2-8,17H,9-12H2,1H3. The zero-order valence-corrected chi connectivity index (χ0v) is 10.4. The van der Waals surface area contributed by atoms with Crippen molar-refractivity contribution < 1.29 is 0 Å². The Morgan fingerprint density at radius 2 is 1.82 bits per heavy atom. The van der Waals surface area contributed by atoms with Gasteiger partial charge in [-0.3, -0.25) is 0 Å². The van der Waals surface area contributed by atoms with Crippen molar-refractivity contribution in [3.63, 3.8) is 0 Å². The molecule has 17 heavy (non-hydrogen) atoms. The summed E-state index contributed by atoms with van der Waals surface area (Å²) in [5, 5.41) is 6.31. The molecule has 2 aromatic carbocycles. The lowest BCUT2D eigenvalue weighted by Gasteiger charge is -2.11. The number of hydrogen-bond acceptors (Lipinski definition) is 1. The van der Waals surface area contributed by atoms with Gasteiger partial charge in [0.05, 0.1) is 0 Å². The van der Waals surface area contributed by atoms with Crippen molar-refractivity contribution in [2.75, 3.05) is 6.54 Å². The highest BCUT2D eigenvalue weighted by Gasteiger charge is 2.36. The number of benzene rings is 2. The summed E-state index contributed by atoms with van der Waals surface area (Å²) in [4.78, 5) is 0. The molecule has 0 bridgehead atoms. The van der Waals surface area contributed by atoms with Gasteiger partial charge in [-0.25, -0.2) is 0 Å². The van der Waals surface area contributed by atoms with E-state index in [0.29, 0.717) is 5.41 Å². The molecule has 3 rings (SSSR count). The van der Waals surface area contributed by atoms with Crippen LogP contribution in [-0.2, 0) is 6.54 Å². The number of rotatable bonds is 4. The second-order valence-corrected chi connectivity index (χ2v) is 5.55. The third-order valence-electron chi connectivity index (χ3n) is 3.85. The minimum atomic E-state index is 0.588. The summed E-state index contributed by atoms with van der Waals surface area (Å²) < 4.78 is 0. The van der Waals surface area contributed by atoms with Gasteiger partial charge in [0.25, 0.3) is 0 Å². The van der Waals surface area contributed by atoms with Gasteiger partial charge in [-0.1, -0.05) is 49.4 Å². The monoisotopic (exact) mass is 225 g/mol. The molecule has 0 amide bonds. The Kier molecular flexibility index (Phi) is 2.64. The van der Waals surface area contributed by atoms with Crippen LogP contribution in [-0.4, -0.2) is 6.54 Å². The van der Waals surface area contributed by atoms with E-state index in [2.05, 4.69) is 54.7 Å². The maximum Gasteiger partial charge on any atom is 0.0211 e. The Hall–Kier alpha value is -1.34. The third kappa shape index (κ3) is 2.34. The molecule has 0 radical (unpaired) electrons. The number of nitrogens with one attached hydrogen (secondary N) is 1. The molecular formula is C16H19N. The van der Waals surface area contributed by atoms with Crippen LogP contribution < -0.4 is 5.32 Å². The first kappa shape index (κ1) is 10.8. The molecule has 1 aliphatic rings. The lowest BCUT2D eigenvalue weighted by Crippen LogP contribution is -2.21. The maximum atomic E-state index is 3.60. The van der Waals surface area contributed by atoms with Gasteiger partial charge in [-0.2, -0.15) is 0 Å². The van der Waals surface area contributed by atoms with Gasteiger partial charge in [-0.15, -0.1) is 0 Å². The quantitative estimate of drug-likeness (QED) is 0.836. The minimum Gasteiger partial charge on any atom is -0.312 e. The van der Waals surface area contributed by atoms with Crippen molar-refractivity contribution in [1.82, 2.24) is 5.32 Å². The zero-order chi connectivity index (χ0) is 11.7. The fourth-order valence-electron chi connectivity index (χ4n) is 2.34. The topological polar surface area (TPSA) is 12.0 Å². The predicted molar refractivity (Wildman–Crippen MR) is 73.0 cm³/mol. The van der Waals surface area contributed by atoms with Crippen molar-refractivity contribution in [3.05, 3.63) is 48.0 Å². The summed E-state index contributed by atoms with van der Waals surface area (Å²) in [6.45, 7) is 4.50. The summed E-state index contributed by atoms with van der Waals surface area (Å²) in [5.74, 6) is 0. The van der Waals surface area contributed by atoms with Crippen LogP contribution in [0.4, 0.5) is 0 Å². The molecule has 2 aromatic rings. The molecule has 1 heteroatoms. The fraction of sp³-hybridized carbons (Fsp3) is 0.375. The van der Waals surface area contributed by atoms with Gasteiger partial charge in [0.2, 0.25) is 0 Å². The van der Waals surface area contributed by atoms with Crippen molar-refractivity contribution in [1.29, 1.82) is 0 Å². The number of fused-ring (bicyclic) bond motifs is 1. The second-order valence-electron chi connectivity index (χ2n) is 5.55. The van der Waals surface area contributed by atoms with Crippen LogP contribution in [0.1, 0.15) is 25.3 Å². The fourth-order valence-corrected chi connectivity index (χ4v) is 2.34. The first-order valence-corrected chi connectivity index (χ1v) is 6.44. The second kappa shape index (κ2) is 4.15. The predicted octanol–water partition coefficient (Wildman–Crippen LogP) is 3.73. The van der Waals surface area contributed by atoms with E-state index in [0.717, 1.165) is 13.1 Å². The van der Waals surface area contributed by atoms with Crippen LogP contribution in [0, 0.1) is 5.41 Å². The zero-order valence-electron chi connectivity index (χ0n) is 10.4. The van der Waals surface area contributed by atoms with E-state index in [4.69, 9.17) is 0 Å². The summed E-state index contributed by atoms with van der Waals surface area (Å²) in [5.41, 5.74) is 2.00. The molecule has 1 saturated carbocycles. The molecule has 1 nitrogen and oxygen atoms in total. The van der Waals surface area contributed by atoms with Crippen molar-refractivity contribution in [3.8, 4) is 0 Å². The van der Waals surface area contributed by atoms with Crippen LogP contribution in [0.15, 0.2) is 42.5 Å². The van der Waals surface area contributed by atoms with Gasteiger partial charge in [0, 0.05) is 13.1 Å². The lowest BCUT2D eigenvalue weighted by molar-refractivity contribution is 0.500. The first-order valence-electron chi connectivity index (χ1n) is 6.44. The molecule has 1 N–H and O–H groups in total. The summed E-state index contributed by atoms with van der Waals surface area (Å²) in [7, 11) is 0. The van der Waals surface area contributed by atoms with Crippen LogP contribution in [0.3, 0.4) is 0 Å². The van der Waals surface area contributed by atoms with Crippen LogP contribution in [0.2, 0.25) is 0 Å². The molecule has 1 aliphatic carbocycles. The van der Waals surface area contributed by atoms with Crippen molar-refractivity contribution in [2.24, 2.45) is 5.41 Å². The molecule has 0 atom stereocenters. The molecule has 1 fully saturated rings. The largest absolute Gasteiger partial charge is 0.312 e. The Morgan fingerprint density at radius 3 is 2.65 bits per heavy atom. The maximum absolute atomic E-state index is 3.60. The van der Waals surface area contributed by atoms with Gasteiger partial charge in [0.1, 0.15) is 0 Å². The van der Waals surface area contributed by atoms with Gasteiger partial charge >= 0.3 is 0 Å². The Balaban J connectivity index is 1.75. The molecular weight excluding hydrogens is 206 g/mol. The molecule has 0 heterocycles. The van der Waals surface area contributed by atoms with E-state index in [-0.39, 0.29) is 0 Å². The van der Waals surface area contributed by atoms with Crippen LogP contribution in [0.25, 0.3) is 10.8 Å². The molecule has 88 valence electrons. The molecule has 0 aromatic heterocycles. The SMILES string of the molecule is CC1(CNCc2cccc3ccccc23)CC1. The Bertz CT molecular complexity index is 521. The van der Waals surface area contributed by atoms with Gasteiger partial charge < -0.3 is 5.32 Å². The van der Waals surface area contributed by atoms with Gasteiger partial charge in [0.15, 0.2) is 0 Å². The average molecular weight is 225 g/mol. The van der Waals surface area contributed by atoms with E-state index < -0.39 is 0 Å². The van der Waals surface area contributed by atoms with Crippen LogP contribution >= 0.6 is 0 Å². The van der Waals surface area contributed by atoms with E-state index >= 15 is 0 Å². The van der Waals surface area contributed by atoms with E-state index in [1.165, 1.54) is 29.2 Å². The summed E-state index contributed by atoms with van der Waals surface area (Å²) in [6.07, 6.45) is 2.77. The summed E-state index contributed by atoms with van der Waals surface area (Å²) >= 11 is 0. The van der Waals surface area contributed by atoms with E-state index in [9.17, 15) is 0 Å². The van der Waals surface area contributed by atoms with Gasteiger partial charge in [-0.05, 0) is 34.6 Å². The summed E-state index contributed by atoms with van der Waals surface area (Å²) in [6, 6.07) is 15.2. The minimum absolute atomic E-state index is 0.588. The molecule has 0 unspecified atom stereocenters. The highest BCUT2D eigenvalue weighted by Crippen LogP contribution is 2.44. The number of hydrogen-bond donors (Lipinski definition) is 1. The Labute approximate surface area is 103 Å². The van der Waals surface area contributed by atoms with Crippen molar-refractivity contribution in [2.45, 2.75) is 26.3 Å². The molecule has 0 aliphatic heterocycles. The average Bonchev–Trinajstić information content (AvgIpc) is 3.08. The normalized spacial score (nSPS) is 17.2. The third-order valence-corrected chi connectivity index (χ3v) is 3.85. The van der Waals surface area contributed by atoms with E-state index in [1.807, 2.05) is 0 Å². The van der Waals surface area contributed by atoms with Crippen LogP contribution in [0.5, 0.6) is 0 Å². The Morgan fingerprint density at radius 1 is 1.06 bits per heavy atom. The smallest absolute Gasteiger partial charge is 0.0211 e. The molecule has 0 saturated heterocycles. The molecule has 0 spiro atoms. The highest BCUT2D eigenvalue weighted by molar-refractivity contribution is 5.85. The van der Waals surface area contributed by atoms with Crippen molar-refractivity contribution >= 4 is 10.8 Å². The first-order chi connectivity index (χ1) is 8.27.